The van der Waals surface area contributed by atoms with Gasteiger partial charge in [0.2, 0.25) is 0 Å². The van der Waals surface area contributed by atoms with E-state index in [4.69, 9.17) is 5.11 Å². The molecule has 3 N–H and O–H groups in total. The van der Waals surface area contributed by atoms with E-state index in [0.717, 1.165) is 5.84 Å². The second-order valence-electron chi connectivity index (χ2n) is 2.31. The van der Waals surface area contributed by atoms with Gasteiger partial charge in [0.1, 0.15) is 18.2 Å². The number of hydrazine groups is 1. The number of carbonyl (C=O) groups is 1. The molecule has 0 amide bonds. The molecule has 0 bridgehead atoms. The van der Waals surface area contributed by atoms with Crippen LogP contribution in [0.1, 0.15) is 6.92 Å². The highest BCUT2D eigenvalue weighted by molar-refractivity contribution is 5.93. The van der Waals surface area contributed by atoms with Gasteiger partial charge in [0.05, 0.1) is 6.54 Å². The molecule has 0 saturated carbocycles. The van der Waals surface area contributed by atoms with Crippen LogP contribution in [-0.4, -0.2) is 35.8 Å². The minimum Gasteiger partial charge on any atom is -0.480 e. The molecule has 0 aromatic rings. The molecule has 66 valence electrons. The summed E-state index contributed by atoms with van der Waals surface area (Å²) in [5.41, 5.74) is 5.46. The number of carboxylic acid groups (broad SMARTS) is 1. The predicted octanol–water partition coefficient (Wildman–Crippen LogP) is -1.00. The third kappa shape index (κ3) is 2.57. The van der Waals surface area contributed by atoms with Crippen molar-refractivity contribution >= 4 is 17.6 Å². The zero-order valence-electron chi connectivity index (χ0n) is 6.66. The molecular formula is C6H10N4O2. The van der Waals surface area contributed by atoms with Crippen LogP contribution in [-0.2, 0) is 4.79 Å². The van der Waals surface area contributed by atoms with Gasteiger partial charge < -0.3 is 5.11 Å². The molecule has 0 fully saturated rings. The van der Waals surface area contributed by atoms with Gasteiger partial charge in [-0.1, -0.05) is 0 Å². The van der Waals surface area contributed by atoms with E-state index < -0.39 is 5.97 Å². The molecule has 0 aromatic carbocycles. The number of aliphatic imine (C=N–C) groups is 2. The molecule has 0 aromatic heterocycles. The quantitative estimate of drug-likeness (QED) is 0.496. The zero-order valence-corrected chi connectivity index (χ0v) is 6.66. The summed E-state index contributed by atoms with van der Waals surface area (Å²) >= 11 is 0. The van der Waals surface area contributed by atoms with Gasteiger partial charge in [-0.2, -0.15) is 0 Å². The van der Waals surface area contributed by atoms with Crippen molar-refractivity contribution in [3.8, 4) is 0 Å². The number of aliphatic carboxylic acids is 1. The lowest BCUT2D eigenvalue weighted by atomic mass is 10.5. The minimum absolute atomic E-state index is 0.224. The first-order valence-corrected chi connectivity index (χ1v) is 3.46. The molecule has 1 rings (SSSR count). The van der Waals surface area contributed by atoms with Gasteiger partial charge >= 0.3 is 5.97 Å². The fourth-order valence-corrected chi connectivity index (χ4v) is 0.688. The maximum absolute atomic E-state index is 10.1. The zero-order chi connectivity index (χ0) is 8.97. The first-order chi connectivity index (χ1) is 5.68. The van der Waals surface area contributed by atoms with Crippen molar-refractivity contribution in [2.24, 2.45) is 9.98 Å². The summed E-state index contributed by atoms with van der Waals surface area (Å²) in [4.78, 5) is 17.9. The van der Waals surface area contributed by atoms with Gasteiger partial charge in [-0.25, -0.2) is 0 Å². The Morgan fingerprint density at radius 2 is 2.50 bits per heavy atom. The molecule has 6 heteroatoms. The predicted molar refractivity (Wildman–Crippen MR) is 44.2 cm³/mol. The Labute approximate surface area is 69.4 Å². The summed E-state index contributed by atoms with van der Waals surface area (Å²) in [6, 6.07) is 0. The van der Waals surface area contributed by atoms with E-state index in [1.165, 1.54) is 0 Å². The van der Waals surface area contributed by atoms with Crippen LogP contribution in [0.25, 0.3) is 0 Å². The van der Waals surface area contributed by atoms with E-state index in [-0.39, 0.29) is 6.54 Å². The summed E-state index contributed by atoms with van der Waals surface area (Å²) in [5.74, 6) is 0.364. The SMILES string of the molecule is CC1=NCC(=NCC(=O)O)NN1. The Morgan fingerprint density at radius 3 is 3.00 bits per heavy atom. The number of nitrogens with zero attached hydrogens (tertiary/aromatic N) is 2. The normalized spacial score (nSPS) is 19.4. The van der Waals surface area contributed by atoms with Crippen molar-refractivity contribution in [2.75, 3.05) is 13.1 Å². The van der Waals surface area contributed by atoms with Crippen LogP contribution in [0.3, 0.4) is 0 Å². The first-order valence-electron chi connectivity index (χ1n) is 3.46. The van der Waals surface area contributed by atoms with Crippen molar-refractivity contribution in [2.45, 2.75) is 6.92 Å². The van der Waals surface area contributed by atoms with Crippen molar-refractivity contribution in [3.63, 3.8) is 0 Å². The van der Waals surface area contributed by atoms with E-state index in [2.05, 4.69) is 20.8 Å². The average molecular weight is 170 g/mol. The number of amidine groups is 2. The van der Waals surface area contributed by atoms with Crippen LogP contribution in [0.5, 0.6) is 0 Å². The second-order valence-corrected chi connectivity index (χ2v) is 2.31. The van der Waals surface area contributed by atoms with Gasteiger partial charge in [-0.05, 0) is 6.92 Å². The standard InChI is InChI=1S/C6H10N4O2/c1-4-7-2-5(10-9-4)8-3-6(11)12/h2-3H2,1H3,(H,7,9)(H,8,10)(H,11,12). The van der Waals surface area contributed by atoms with Gasteiger partial charge in [-0.3, -0.25) is 25.6 Å². The number of rotatable bonds is 2. The van der Waals surface area contributed by atoms with Crippen molar-refractivity contribution < 1.29 is 9.90 Å². The molecular weight excluding hydrogens is 160 g/mol. The third-order valence-corrected chi connectivity index (χ3v) is 1.26. The lowest BCUT2D eigenvalue weighted by Crippen LogP contribution is -2.46. The first kappa shape index (κ1) is 8.51. The average Bonchev–Trinajstić information content (AvgIpc) is 2.03. The number of nitrogens with one attached hydrogen (secondary N) is 2. The van der Waals surface area contributed by atoms with E-state index in [1.807, 2.05) is 0 Å². The maximum Gasteiger partial charge on any atom is 0.325 e. The maximum atomic E-state index is 10.1. The number of hydrogen-bond donors (Lipinski definition) is 3. The molecule has 1 aliphatic heterocycles. The molecule has 0 aliphatic carbocycles. The fourth-order valence-electron chi connectivity index (χ4n) is 0.688. The Hall–Kier alpha value is -1.59. The summed E-state index contributed by atoms with van der Waals surface area (Å²) in [6.07, 6.45) is 0. The van der Waals surface area contributed by atoms with Crippen molar-refractivity contribution in [1.82, 2.24) is 10.9 Å². The van der Waals surface area contributed by atoms with Crippen LogP contribution < -0.4 is 10.9 Å². The molecule has 0 saturated heterocycles. The van der Waals surface area contributed by atoms with E-state index in [0.29, 0.717) is 12.4 Å². The smallest absolute Gasteiger partial charge is 0.325 e. The lowest BCUT2D eigenvalue weighted by molar-refractivity contribution is -0.135. The van der Waals surface area contributed by atoms with Crippen LogP contribution in [0.15, 0.2) is 9.98 Å². The van der Waals surface area contributed by atoms with Gasteiger partial charge in [-0.15, -0.1) is 0 Å². The summed E-state index contributed by atoms with van der Waals surface area (Å²) < 4.78 is 0. The van der Waals surface area contributed by atoms with Gasteiger partial charge in [0, 0.05) is 0 Å². The highest BCUT2D eigenvalue weighted by atomic mass is 16.4. The third-order valence-electron chi connectivity index (χ3n) is 1.26. The molecule has 1 heterocycles. The van der Waals surface area contributed by atoms with Crippen molar-refractivity contribution in [1.29, 1.82) is 0 Å². The van der Waals surface area contributed by atoms with Crippen molar-refractivity contribution in [3.05, 3.63) is 0 Å². The number of hydrogen-bond acceptors (Lipinski definition) is 4. The van der Waals surface area contributed by atoms with Crippen LogP contribution in [0.4, 0.5) is 0 Å². The minimum atomic E-state index is -0.949. The summed E-state index contributed by atoms with van der Waals surface area (Å²) in [6.45, 7) is 1.99. The van der Waals surface area contributed by atoms with E-state index >= 15 is 0 Å². The molecule has 0 radical (unpaired) electrons. The number of carboxylic acids is 1. The van der Waals surface area contributed by atoms with Gasteiger partial charge in [0.15, 0.2) is 0 Å². The molecule has 1 aliphatic rings. The van der Waals surface area contributed by atoms with E-state index in [9.17, 15) is 4.79 Å². The molecule has 0 unspecified atom stereocenters. The lowest BCUT2D eigenvalue weighted by Gasteiger charge is -2.15. The molecule has 0 spiro atoms. The summed E-state index contributed by atoms with van der Waals surface area (Å²) in [5, 5.41) is 8.31. The van der Waals surface area contributed by atoms with Gasteiger partial charge in [0.25, 0.3) is 0 Å². The Balaban J connectivity index is 2.45. The Kier molecular flexibility index (Phi) is 2.62. The van der Waals surface area contributed by atoms with Crippen LogP contribution in [0.2, 0.25) is 0 Å². The molecule has 6 nitrogen and oxygen atoms in total. The summed E-state index contributed by atoms with van der Waals surface area (Å²) in [7, 11) is 0. The molecule has 12 heavy (non-hydrogen) atoms. The fraction of sp³-hybridized carbons (Fsp3) is 0.500. The Bertz CT molecular complexity index is 246. The highest BCUT2D eigenvalue weighted by Gasteiger charge is 2.04. The Morgan fingerprint density at radius 1 is 1.75 bits per heavy atom. The van der Waals surface area contributed by atoms with Crippen LogP contribution in [0, 0.1) is 0 Å². The van der Waals surface area contributed by atoms with Crippen LogP contribution >= 0.6 is 0 Å². The van der Waals surface area contributed by atoms with E-state index in [1.54, 1.807) is 6.92 Å². The second kappa shape index (κ2) is 3.70. The topological polar surface area (TPSA) is 86.1 Å². The molecule has 0 atom stereocenters. The monoisotopic (exact) mass is 170 g/mol. The highest BCUT2D eigenvalue weighted by Crippen LogP contribution is 1.84. The largest absolute Gasteiger partial charge is 0.480 e.